The smallest absolute Gasteiger partial charge is 0.230 e. The van der Waals surface area contributed by atoms with E-state index in [-0.39, 0.29) is 23.6 Å². The third-order valence-corrected chi connectivity index (χ3v) is 7.96. The maximum atomic E-state index is 13.2. The van der Waals surface area contributed by atoms with E-state index < -0.39 is 10.0 Å². The molecule has 0 aromatic heterocycles. The molecule has 29 heavy (non-hydrogen) atoms. The quantitative estimate of drug-likeness (QED) is 0.737. The molecule has 1 saturated heterocycles. The zero-order valence-corrected chi connectivity index (χ0v) is 18.0. The van der Waals surface area contributed by atoms with E-state index in [0.717, 1.165) is 12.1 Å². The highest BCUT2D eigenvalue weighted by atomic mass is 35.5. The number of carbonyl (C=O) groups is 1. The van der Waals surface area contributed by atoms with Gasteiger partial charge in [0.05, 0.1) is 5.75 Å². The van der Waals surface area contributed by atoms with Crippen LogP contribution in [0.5, 0.6) is 0 Å². The monoisotopic (exact) mass is 432 g/mol. The Morgan fingerprint density at radius 3 is 2.55 bits per heavy atom. The maximum absolute atomic E-state index is 13.2. The Balaban J connectivity index is 1.41. The van der Waals surface area contributed by atoms with Crippen molar-refractivity contribution in [2.24, 2.45) is 5.92 Å². The molecule has 2 aliphatic rings. The number of hydrogen-bond acceptors (Lipinski definition) is 3. The van der Waals surface area contributed by atoms with Crippen LogP contribution in [-0.4, -0.2) is 37.8 Å². The lowest BCUT2D eigenvalue weighted by atomic mass is 9.96. The molecule has 0 saturated carbocycles. The molecule has 2 aliphatic heterocycles. The minimum Gasteiger partial charge on any atom is -0.309 e. The molecule has 5 nitrogen and oxygen atoms in total. The van der Waals surface area contributed by atoms with Crippen LogP contribution in [0, 0.1) is 5.92 Å². The van der Waals surface area contributed by atoms with Gasteiger partial charge >= 0.3 is 0 Å². The lowest BCUT2D eigenvalue weighted by molar-refractivity contribution is -0.123. The van der Waals surface area contributed by atoms with Crippen LogP contribution in [0.15, 0.2) is 48.5 Å². The fourth-order valence-corrected chi connectivity index (χ4v) is 6.17. The average Bonchev–Trinajstić information content (AvgIpc) is 3.03. The number of benzene rings is 2. The van der Waals surface area contributed by atoms with Gasteiger partial charge in [-0.2, -0.15) is 0 Å². The highest BCUT2D eigenvalue weighted by molar-refractivity contribution is 7.88. The summed E-state index contributed by atoms with van der Waals surface area (Å²) in [4.78, 5) is 15.1. The Morgan fingerprint density at radius 1 is 1.10 bits per heavy atom. The highest BCUT2D eigenvalue weighted by Crippen LogP contribution is 2.35. The molecule has 2 aromatic carbocycles. The maximum Gasteiger partial charge on any atom is 0.230 e. The molecule has 0 bridgehead atoms. The van der Waals surface area contributed by atoms with Crippen molar-refractivity contribution in [1.29, 1.82) is 0 Å². The van der Waals surface area contributed by atoms with Gasteiger partial charge in [-0.15, -0.1) is 0 Å². The summed E-state index contributed by atoms with van der Waals surface area (Å²) < 4.78 is 27.1. The summed E-state index contributed by atoms with van der Waals surface area (Å²) in [7, 11) is -3.43. The van der Waals surface area contributed by atoms with E-state index in [0.29, 0.717) is 36.5 Å². The number of carbonyl (C=O) groups excluding carboxylic acids is 1. The van der Waals surface area contributed by atoms with Gasteiger partial charge in [0.1, 0.15) is 0 Å². The van der Waals surface area contributed by atoms with Crippen LogP contribution in [0.25, 0.3) is 0 Å². The van der Waals surface area contributed by atoms with Gasteiger partial charge in [-0.25, -0.2) is 12.7 Å². The third kappa shape index (κ3) is 4.20. The molecule has 1 unspecified atom stereocenters. The van der Waals surface area contributed by atoms with Crippen molar-refractivity contribution in [3.63, 3.8) is 0 Å². The second-order valence-electron chi connectivity index (χ2n) is 7.95. The summed E-state index contributed by atoms with van der Waals surface area (Å²) >= 11 is 5.97. The summed E-state index contributed by atoms with van der Waals surface area (Å²) in [5, 5.41) is 0.530. The molecule has 1 amide bonds. The van der Waals surface area contributed by atoms with Gasteiger partial charge in [-0.05, 0) is 55.5 Å². The molecule has 2 aromatic rings. The van der Waals surface area contributed by atoms with Crippen molar-refractivity contribution in [3.8, 4) is 0 Å². The Morgan fingerprint density at radius 2 is 1.83 bits per heavy atom. The molecule has 4 rings (SSSR count). The summed E-state index contributed by atoms with van der Waals surface area (Å²) in [6.07, 6.45) is 1.98. The van der Waals surface area contributed by atoms with Crippen LogP contribution in [0.2, 0.25) is 5.02 Å². The standard InChI is InChI=1S/C22H25ClN2O3S/c1-16-13-19-6-2-3-8-21(19)25(16)22(26)18-9-11-24(12-10-18)29(27,28)15-17-5-4-7-20(23)14-17/h2-8,14,16,18H,9-13,15H2,1H3. The lowest BCUT2D eigenvalue weighted by Crippen LogP contribution is -2.46. The summed E-state index contributed by atoms with van der Waals surface area (Å²) in [5.41, 5.74) is 2.88. The number of amides is 1. The Bertz CT molecular complexity index is 1020. The van der Waals surface area contributed by atoms with Crippen molar-refractivity contribution in [2.45, 2.75) is 38.0 Å². The average molecular weight is 433 g/mol. The van der Waals surface area contributed by atoms with Crippen LogP contribution in [-0.2, 0) is 27.0 Å². The van der Waals surface area contributed by atoms with Crippen LogP contribution >= 0.6 is 11.6 Å². The SMILES string of the molecule is CC1Cc2ccccc2N1C(=O)C1CCN(S(=O)(=O)Cc2cccc(Cl)c2)CC1. The van der Waals surface area contributed by atoms with E-state index in [1.165, 1.54) is 9.87 Å². The van der Waals surface area contributed by atoms with Gasteiger partial charge < -0.3 is 4.90 Å². The van der Waals surface area contributed by atoms with E-state index in [9.17, 15) is 13.2 Å². The summed E-state index contributed by atoms with van der Waals surface area (Å²) in [6.45, 7) is 2.83. The normalized spacial score (nSPS) is 20.6. The number of nitrogens with zero attached hydrogens (tertiary/aromatic N) is 2. The molecule has 0 spiro atoms. The van der Waals surface area contributed by atoms with Crippen LogP contribution in [0.1, 0.15) is 30.9 Å². The number of hydrogen-bond donors (Lipinski definition) is 0. The van der Waals surface area contributed by atoms with Crippen LogP contribution in [0.3, 0.4) is 0 Å². The van der Waals surface area contributed by atoms with E-state index in [1.807, 2.05) is 23.1 Å². The van der Waals surface area contributed by atoms with Gasteiger partial charge in [0, 0.05) is 35.8 Å². The predicted octanol–water partition coefficient (Wildman–Crippen LogP) is 3.86. The third-order valence-electron chi connectivity index (χ3n) is 5.88. The van der Waals surface area contributed by atoms with Crippen molar-refractivity contribution in [1.82, 2.24) is 4.31 Å². The Hall–Kier alpha value is -1.89. The van der Waals surface area contributed by atoms with Gasteiger partial charge in [-0.1, -0.05) is 41.9 Å². The minimum absolute atomic E-state index is 0.0668. The molecular weight excluding hydrogens is 408 g/mol. The van der Waals surface area contributed by atoms with Crippen molar-refractivity contribution in [2.75, 3.05) is 18.0 Å². The van der Waals surface area contributed by atoms with E-state index in [4.69, 9.17) is 11.6 Å². The molecule has 1 atom stereocenters. The summed E-state index contributed by atoms with van der Waals surface area (Å²) in [6, 6.07) is 15.1. The molecule has 2 heterocycles. The van der Waals surface area contributed by atoms with Crippen LogP contribution < -0.4 is 4.90 Å². The highest BCUT2D eigenvalue weighted by Gasteiger charge is 2.37. The zero-order chi connectivity index (χ0) is 20.6. The number of sulfonamides is 1. The summed E-state index contributed by atoms with van der Waals surface area (Å²) in [5.74, 6) is -0.0848. The first-order chi connectivity index (χ1) is 13.8. The molecule has 1 fully saturated rings. The molecule has 7 heteroatoms. The molecule has 0 radical (unpaired) electrons. The van der Waals surface area contributed by atoms with Gasteiger partial charge in [0.25, 0.3) is 0 Å². The number of rotatable bonds is 4. The van der Waals surface area contributed by atoms with Gasteiger partial charge in [-0.3, -0.25) is 4.79 Å². The van der Waals surface area contributed by atoms with Crippen molar-refractivity contribution in [3.05, 3.63) is 64.7 Å². The largest absolute Gasteiger partial charge is 0.309 e. The van der Waals surface area contributed by atoms with Crippen molar-refractivity contribution < 1.29 is 13.2 Å². The van der Waals surface area contributed by atoms with Crippen LogP contribution in [0.4, 0.5) is 5.69 Å². The Kier molecular flexibility index (Phi) is 5.69. The molecule has 0 N–H and O–H groups in total. The number of para-hydroxylation sites is 1. The molecule has 0 aliphatic carbocycles. The first-order valence-electron chi connectivity index (χ1n) is 9.98. The molecular formula is C22H25ClN2O3S. The van der Waals surface area contributed by atoms with E-state index in [2.05, 4.69) is 13.0 Å². The second-order valence-corrected chi connectivity index (χ2v) is 10.4. The predicted molar refractivity (Wildman–Crippen MR) is 115 cm³/mol. The fraction of sp³-hybridized carbons (Fsp3) is 0.409. The fourth-order valence-electron chi connectivity index (χ4n) is 4.41. The zero-order valence-electron chi connectivity index (χ0n) is 16.4. The van der Waals surface area contributed by atoms with Gasteiger partial charge in [0.15, 0.2) is 0 Å². The molecule has 154 valence electrons. The van der Waals surface area contributed by atoms with Crippen molar-refractivity contribution >= 4 is 33.2 Å². The number of fused-ring (bicyclic) bond motifs is 1. The lowest BCUT2D eigenvalue weighted by Gasteiger charge is -2.34. The van der Waals surface area contributed by atoms with E-state index >= 15 is 0 Å². The minimum atomic E-state index is -3.43. The first kappa shape index (κ1) is 20.4. The first-order valence-corrected chi connectivity index (χ1v) is 12.0. The topological polar surface area (TPSA) is 57.7 Å². The number of halogens is 1. The van der Waals surface area contributed by atoms with E-state index in [1.54, 1.807) is 24.3 Å². The number of piperidine rings is 1. The second kappa shape index (κ2) is 8.09. The van der Waals surface area contributed by atoms with Gasteiger partial charge in [0.2, 0.25) is 15.9 Å². The Labute approximate surface area is 177 Å². The number of anilines is 1.